The molecule has 0 saturated heterocycles. The highest BCUT2D eigenvalue weighted by Gasteiger charge is 2.26. The Kier molecular flexibility index (Phi) is 5.62. The summed E-state index contributed by atoms with van der Waals surface area (Å²) in [4.78, 5) is 17.7. The van der Waals surface area contributed by atoms with E-state index in [4.69, 9.17) is 39.2 Å². The van der Waals surface area contributed by atoms with Gasteiger partial charge in [-0.25, -0.2) is 4.98 Å². The third-order valence-electron chi connectivity index (χ3n) is 5.30. The molecule has 0 atom stereocenters. The minimum absolute atomic E-state index is 0.0115. The van der Waals surface area contributed by atoms with E-state index >= 15 is 0 Å². The molecule has 2 aromatic heterocycles. The van der Waals surface area contributed by atoms with Crippen molar-refractivity contribution in [3.05, 3.63) is 105 Å². The SMILES string of the molecule is O=C(c1cnc(-c2ccccc2)o1)c1c(Cl)n(Cc2ccc(Cl)cc2Cl)c2ccc(O)cc12. The highest BCUT2D eigenvalue weighted by atomic mass is 35.5. The van der Waals surface area contributed by atoms with Crippen LogP contribution in [0.5, 0.6) is 5.75 Å². The molecule has 0 aliphatic heterocycles. The molecule has 2 heterocycles. The van der Waals surface area contributed by atoms with Crippen molar-refractivity contribution in [1.82, 2.24) is 9.55 Å². The molecular weight excluding hydrogens is 483 g/mol. The molecule has 164 valence electrons. The lowest BCUT2D eigenvalue weighted by molar-refractivity contribution is 0.101. The number of carbonyl (C=O) groups is 1. The van der Waals surface area contributed by atoms with Crippen molar-refractivity contribution in [3.8, 4) is 17.2 Å². The van der Waals surface area contributed by atoms with Gasteiger partial charge in [0.05, 0.1) is 23.8 Å². The number of aromatic hydroxyl groups is 1. The maximum absolute atomic E-state index is 13.5. The van der Waals surface area contributed by atoms with E-state index in [0.29, 0.717) is 33.4 Å². The number of halogens is 3. The first-order valence-corrected chi connectivity index (χ1v) is 11.1. The average Bonchev–Trinajstić information content (AvgIpc) is 3.39. The van der Waals surface area contributed by atoms with Gasteiger partial charge in [0.15, 0.2) is 5.76 Å². The number of fused-ring (bicyclic) bond motifs is 1. The third-order valence-corrected chi connectivity index (χ3v) is 6.28. The maximum Gasteiger partial charge on any atom is 0.233 e. The molecule has 0 aliphatic rings. The summed E-state index contributed by atoms with van der Waals surface area (Å²) in [6.07, 6.45) is 1.38. The summed E-state index contributed by atoms with van der Waals surface area (Å²) in [6, 6.07) is 19.2. The minimum atomic E-state index is -0.439. The van der Waals surface area contributed by atoms with Gasteiger partial charge < -0.3 is 14.1 Å². The first kappa shape index (κ1) is 21.6. The lowest BCUT2D eigenvalue weighted by Crippen LogP contribution is -2.03. The van der Waals surface area contributed by atoms with Crippen LogP contribution in [0, 0.1) is 0 Å². The Balaban J connectivity index is 1.61. The van der Waals surface area contributed by atoms with E-state index in [1.807, 2.05) is 30.3 Å². The molecule has 1 N–H and O–H groups in total. The van der Waals surface area contributed by atoms with Crippen molar-refractivity contribution in [2.45, 2.75) is 6.54 Å². The summed E-state index contributed by atoms with van der Waals surface area (Å²) in [5.74, 6) is -0.0547. The van der Waals surface area contributed by atoms with Crippen molar-refractivity contribution < 1.29 is 14.3 Å². The van der Waals surface area contributed by atoms with E-state index in [9.17, 15) is 9.90 Å². The summed E-state index contributed by atoms with van der Waals surface area (Å²) < 4.78 is 7.51. The number of hydrogen-bond acceptors (Lipinski definition) is 4. The van der Waals surface area contributed by atoms with Gasteiger partial charge in [0.1, 0.15) is 10.9 Å². The smallest absolute Gasteiger partial charge is 0.233 e. The van der Waals surface area contributed by atoms with Gasteiger partial charge in [-0.3, -0.25) is 4.79 Å². The molecule has 0 aliphatic carbocycles. The number of ketones is 1. The largest absolute Gasteiger partial charge is 0.508 e. The summed E-state index contributed by atoms with van der Waals surface area (Å²) in [5, 5.41) is 11.8. The highest BCUT2D eigenvalue weighted by molar-refractivity contribution is 6.37. The number of rotatable bonds is 5. The van der Waals surface area contributed by atoms with Crippen molar-refractivity contribution in [3.63, 3.8) is 0 Å². The van der Waals surface area contributed by atoms with Crippen molar-refractivity contribution in [2.24, 2.45) is 0 Å². The number of nitrogens with zero attached hydrogens (tertiary/aromatic N) is 2. The number of phenolic OH excluding ortho intramolecular Hbond substituents is 1. The second-order valence-corrected chi connectivity index (χ2v) is 8.62. The first-order valence-electron chi connectivity index (χ1n) is 9.93. The second-order valence-electron chi connectivity index (χ2n) is 7.41. The molecular formula is C25H15Cl3N2O3. The maximum atomic E-state index is 13.5. The zero-order valence-corrected chi connectivity index (χ0v) is 19.2. The molecule has 5 aromatic rings. The molecule has 0 spiro atoms. The molecule has 33 heavy (non-hydrogen) atoms. The zero-order chi connectivity index (χ0) is 23.1. The van der Waals surface area contributed by atoms with Crippen molar-refractivity contribution in [2.75, 3.05) is 0 Å². The monoisotopic (exact) mass is 496 g/mol. The Morgan fingerprint density at radius 1 is 1.00 bits per heavy atom. The van der Waals surface area contributed by atoms with E-state index in [0.717, 1.165) is 11.1 Å². The normalized spacial score (nSPS) is 11.2. The van der Waals surface area contributed by atoms with Gasteiger partial charge in [0, 0.05) is 21.0 Å². The Bertz CT molecular complexity index is 1510. The van der Waals surface area contributed by atoms with Gasteiger partial charge in [-0.1, -0.05) is 59.1 Å². The van der Waals surface area contributed by atoms with Crippen LogP contribution in [-0.2, 0) is 6.54 Å². The van der Waals surface area contributed by atoms with Crippen LogP contribution in [0.3, 0.4) is 0 Å². The van der Waals surface area contributed by atoms with E-state index in [1.165, 1.54) is 18.3 Å². The average molecular weight is 498 g/mol. The molecule has 0 bridgehead atoms. The first-order chi connectivity index (χ1) is 15.9. The van der Waals surface area contributed by atoms with Gasteiger partial charge in [0.25, 0.3) is 0 Å². The van der Waals surface area contributed by atoms with Gasteiger partial charge in [-0.2, -0.15) is 0 Å². The molecule has 0 radical (unpaired) electrons. The van der Waals surface area contributed by atoms with Crippen LogP contribution in [0.15, 0.2) is 77.3 Å². The molecule has 3 aromatic carbocycles. The standard InChI is InChI=1S/C25H15Cl3N2O3/c26-16-7-6-15(19(27)10-16)13-30-20-9-8-17(31)11-18(20)22(24(30)28)23(32)21-12-29-25(33-21)14-4-2-1-3-5-14/h1-12,31H,13H2. The third kappa shape index (κ3) is 4.00. The number of carbonyl (C=O) groups excluding carboxylic acids is 1. The lowest BCUT2D eigenvalue weighted by atomic mass is 10.1. The molecule has 5 rings (SSSR count). The molecule has 5 nitrogen and oxygen atoms in total. The van der Waals surface area contributed by atoms with E-state index < -0.39 is 5.78 Å². The van der Waals surface area contributed by atoms with Crippen LogP contribution in [0.1, 0.15) is 21.7 Å². The fraction of sp³-hybridized carbons (Fsp3) is 0.0400. The van der Waals surface area contributed by atoms with Crippen molar-refractivity contribution >= 4 is 51.5 Å². The van der Waals surface area contributed by atoms with Crippen LogP contribution >= 0.6 is 34.8 Å². The fourth-order valence-corrected chi connectivity index (χ4v) is 4.53. The number of oxazole rings is 1. The number of benzene rings is 3. The van der Waals surface area contributed by atoms with E-state index in [-0.39, 0.29) is 22.2 Å². The van der Waals surface area contributed by atoms with Gasteiger partial charge >= 0.3 is 0 Å². The molecule has 0 amide bonds. The van der Waals surface area contributed by atoms with Gasteiger partial charge in [-0.05, 0) is 48.0 Å². The Morgan fingerprint density at radius 2 is 1.79 bits per heavy atom. The predicted octanol–water partition coefficient (Wildman–Crippen LogP) is 7.24. The van der Waals surface area contributed by atoms with Gasteiger partial charge in [-0.15, -0.1) is 0 Å². The van der Waals surface area contributed by atoms with E-state index in [1.54, 1.807) is 28.8 Å². The Morgan fingerprint density at radius 3 is 2.55 bits per heavy atom. The Hall–Kier alpha value is -3.25. The molecule has 0 fully saturated rings. The summed E-state index contributed by atoms with van der Waals surface area (Å²) >= 11 is 19.1. The van der Waals surface area contributed by atoms with Crippen LogP contribution in [0.4, 0.5) is 0 Å². The summed E-state index contributed by atoms with van der Waals surface area (Å²) in [6.45, 7) is 0.301. The number of phenols is 1. The highest BCUT2D eigenvalue weighted by Crippen LogP contribution is 2.36. The summed E-state index contributed by atoms with van der Waals surface area (Å²) in [7, 11) is 0. The van der Waals surface area contributed by atoms with Gasteiger partial charge in [0.2, 0.25) is 11.7 Å². The van der Waals surface area contributed by atoms with E-state index in [2.05, 4.69) is 4.98 Å². The topological polar surface area (TPSA) is 68.3 Å². The van der Waals surface area contributed by atoms with Crippen LogP contribution in [-0.4, -0.2) is 20.4 Å². The molecule has 8 heteroatoms. The molecule has 0 saturated carbocycles. The van der Waals surface area contributed by atoms with Crippen LogP contribution in [0.25, 0.3) is 22.4 Å². The summed E-state index contributed by atoms with van der Waals surface area (Å²) in [5.41, 5.74) is 2.40. The minimum Gasteiger partial charge on any atom is -0.508 e. The number of aromatic nitrogens is 2. The van der Waals surface area contributed by atoms with Crippen LogP contribution in [0.2, 0.25) is 15.2 Å². The quantitative estimate of drug-likeness (QED) is 0.260. The van der Waals surface area contributed by atoms with Crippen molar-refractivity contribution in [1.29, 1.82) is 0 Å². The predicted molar refractivity (Wildman–Crippen MR) is 130 cm³/mol. The fourth-order valence-electron chi connectivity index (χ4n) is 3.72. The molecule has 0 unspecified atom stereocenters. The number of hydrogen-bond donors (Lipinski definition) is 1. The zero-order valence-electron chi connectivity index (χ0n) is 16.9. The van der Waals surface area contributed by atoms with Crippen LogP contribution < -0.4 is 0 Å². The second kappa shape index (κ2) is 8.60. The lowest BCUT2D eigenvalue weighted by Gasteiger charge is -2.09. The Labute approximate surface area is 203 Å².